The summed E-state index contributed by atoms with van der Waals surface area (Å²) in [6.45, 7) is 13.4. The third-order valence-corrected chi connectivity index (χ3v) is 6.56. The maximum Gasteiger partial charge on any atom is 0.0451 e. The molecular weight excluding hydrogens is 380 g/mol. The van der Waals surface area contributed by atoms with Crippen molar-refractivity contribution in [3.8, 4) is 0 Å². The molecule has 0 radical (unpaired) electrons. The molecule has 3 unspecified atom stereocenters. The Morgan fingerprint density at radius 2 is 1.48 bits per heavy atom. The van der Waals surface area contributed by atoms with Crippen LogP contribution >= 0.6 is 0 Å². The van der Waals surface area contributed by atoms with E-state index in [2.05, 4.69) is 102 Å². The molecule has 0 amide bonds. The van der Waals surface area contributed by atoms with Gasteiger partial charge in [-0.25, -0.2) is 0 Å². The number of benzene rings is 2. The summed E-state index contributed by atoms with van der Waals surface area (Å²) in [6.07, 6.45) is 3.64. The molecule has 4 heteroatoms. The van der Waals surface area contributed by atoms with Crippen LogP contribution in [-0.2, 0) is 0 Å². The first kappa shape index (κ1) is 23.8. The van der Waals surface area contributed by atoms with Crippen molar-refractivity contribution >= 4 is 5.69 Å². The van der Waals surface area contributed by atoms with Crippen LogP contribution in [0.3, 0.4) is 0 Å². The molecule has 3 rings (SSSR count). The summed E-state index contributed by atoms with van der Waals surface area (Å²) >= 11 is 0. The third-order valence-electron chi connectivity index (χ3n) is 6.56. The summed E-state index contributed by atoms with van der Waals surface area (Å²) in [5, 5.41) is 7.58. The molecule has 1 saturated heterocycles. The van der Waals surface area contributed by atoms with E-state index in [9.17, 15) is 0 Å². The molecule has 1 aliphatic heterocycles. The zero-order valence-electron chi connectivity index (χ0n) is 19.8. The first-order valence-corrected chi connectivity index (χ1v) is 12.3. The second-order valence-electron chi connectivity index (χ2n) is 8.89. The maximum absolute atomic E-state index is 3.96. The molecule has 1 fully saturated rings. The van der Waals surface area contributed by atoms with E-state index in [0.29, 0.717) is 18.1 Å². The van der Waals surface area contributed by atoms with E-state index < -0.39 is 0 Å². The monoisotopic (exact) mass is 422 g/mol. The quantitative estimate of drug-likeness (QED) is 0.519. The minimum atomic E-state index is 0.374. The van der Waals surface area contributed by atoms with Crippen molar-refractivity contribution < 1.29 is 0 Å². The Balaban J connectivity index is 1.55. The summed E-state index contributed by atoms with van der Waals surface area (Å²) < 4.78 is 0. The molecule has 3 atom stereocenters. The van der Waals surface area contributed by atoms with E-state index in [1.807, 2.05) is 0 Å². The van der Waals surface area contributed by atoms with E-state index in [1.165, 1.54) is 30.5 Å². The standard InChI is InChI=1S/C27H42N4/c1-4-25(28-5-2)17-16-23(3)29-27(24-12-8-6-9-13-24)22-30-18-20-31(21-19-30)26-14-10-7-11-15-26/h6-15,23,25,27-29H,4-5,16-22H2,1-3H3. The van der Waals surface area contributed by atoms with Crippen LogP contribution in [0.4, 0.5) is 5.69 Å². The minimum Gasteiger partial charge on any atom is -0.369 e. The van der Waals surface area contributed by atoms with Crippen LogP contribution in [0.1, 0.15) is 51.6 Å². The first-order valence-electron chi connectivity index (χ1n) is 12.3. The Kier molecular flexibility index (Phi) is 9.85. The average Bonchev–Trinajstić information content (AvgIpc) is 2.83. The van der Waals surface area contributed by atoms with Gasteiger partial charge in [0.2, 0.25) is 0 Å². The van der Waals surface area contributed by atoms with Crippen LogP contribution in [0.25, 0.3) is 0 Å². The number of para-hydroxylation sites is 1. The molecule has 170 valence electrons. The smallest absolute Gasteiger partial charge is 0.0451 e. The highest BCUT2D eigenvalue weighted by Gasteiger charge is 2.22. The Labute approximate surface area is 190 Å². The molecule has 2 N–H and O–H groups in total. The van der Waals surface area contributed by atoms with Gasteiger partial charge in [0.25, 0.3) is 0 Å². The van der Waals surface area contributed by atoms with Gasteiger partial charge in [0, 0.05) is 56.5 Å². The van der Waals surface area contributed by atoms with E-state index in [-0.39, 0.29) is 0 Å². The second-order valence-corrected chi connectivity index (χ2v) is 8.89. The summed E-state index contributed by atoms with van der Waals surface area (Å²) in [5.74, 6) is 0. The lowest BCUT2D eigenvalue weighted by Crippen LogP contribution is -2.49. The molecule has 0 aliphatic carbocycles. The number of nitrogens with zero attached hydrogens (tertiary/aromatic N) is 2. The van der Waals surface area contributed by atoms with Crippen molar-refractivity contribution in [1.29, 1.82) is 0 Å². The summed E-state index contributed by atoms with van der Waals surface area (Å²) in [7, 11) is 0. The van der Waals surface area contributed by atoms with Gasteiger partial charge in [0.1, 0.15) is 0 Å². The van der Waals surface area contributed by atoms with E-state index in [0.717, 1.165) is 39.3 Å². The summed E-state index contributed by atoms with van der Waals surface area (Å²) in [4.78, 5) is 5.14. The van der Waals surface area contributed by atoms with E-state index in [4.69, 9.17) is 0 Å². The summed E-state index contributed by atoms with van der Waals surface area (Å²) in [6, 6.07) is 23.3. The molecule has 0 saturated carbocycles. The van der Waals surface area contributed by atoms with E-state index in [1.54, 1.807) is 0 Å². The molecule has 2 aromatic rings. The number of hydrogen-bond acceptors (Lipinski definition) is 4. The van der Waals surface area contributed by atoms with Gasteiger partial charge >= 0.3 is 0 Å². The van der Waals surface area contributed by atoms with Gasteiger partial charge in [0.05, 0.1) is 0 Å². The molecule has 2 aromatic carbocycles. The Bertz CT molecular complexity index is 713. The Hall–Kier alpha value is -1.88. The van der Waals surface area contributed by atoms with Crippen molar-refractivity contribution in [1.82, 2.24) is 15.5 Å². The Morgan fingerprint density at radius 1 is 0.839 bits per heavy atom. The van der Waals surface area contributed by atoms with Crippen LogP contribution in [0.2, 0.25) is 0 Å². The van der Waals surface area contributed by atoms with Crippen LogP contribution in [0.15, 0.2) is 60.7 Å². The number of piperazine rings is 1. The highest BCUT2D eigenvalue weighted by molar-refractivity contribution is 5.46. The molecule has 1 aliphatic rings. The van der Waals surface area contributed by atoms with Crippen molar-refractivity contribution in [2.75, 3.05) is 44.2 Å². The number of nitrogens with one attached hydrogen (secondary N) is 2. The molecule has 1 heterocycles. The zero-order valence-corrected chi connectivity index (χ0v) is 19.8. The van der Waals surface area contributed by atoms with Crippen LogP contribution in [0, 0.1) is 0 Å². The Morgan fingerprint density at radius 3 is 2.10 bits per heavy atom. The number of rotatable bonds is 12. The molecular formula is C27H42N4. The number of anilines is 1. The van der Waals surface area contributed by atoms with Crippen molar-refractivity contribution in [2.45, 2.75) is 58.2 Å². The zero-order chi connectivity index (χ0) is 21.9. The van der Waals surface area contributed by atoms with Crippen LogP contribution < -0.4 is 15.5 Å². The molecule has 31 heavy (non-hydrogen) atoms. The van der Waals surface area contributed by atoms with Gasteiger partial charge in [-0.3, -0.25) is 4.90 Å². The molecule has 0 bridgehead atoms. The highest BCUT2D eigenvalue weighted by Crippen LogP contribution is 2.20. The highest BCUT2D eigenvalue weighted by atomic mass is 15.3. The minimum absolute atomic E-state index is 0.374. The predicted octanol–water partition coefficient (Wildman–Crippen LogP) is 4.70. The lowest BCUT2D eigenvalue weighted by atomic mass is 10.0. The van der Waals surface area contributed by atoms with Crippen molar-refractivity contribution in [3.05, 3.63) is 66.2 Å². The SMILES string of the molecule is CCNC(CC)CCC(C)NC(CN1CCN(c2ccccc2)CC1)c1ccccc1. The fourth-order valence-corrected chi connectivity index (χ4v) is 4.64. The van der Waals surface area contributed by atoms with Gasteiger partial charge in [-0.05, 0) is 50.4 Å². The predicted molar refractivity (Wildman–Crippen MR) is 134 cm³/mol. The van der Waals surface area contributed by atoms with Crippen LogP contribution in [0.5, 0.6) is 0 Å². The summed E-state index contributed by atoms with van der Waals surface area (Å²) in [5.41, 5.74) is 2.75. The van der Waals surface area contributed by atoms with Crippen molar-refractivity contribution in [2.24, 2.45) is 0 Å². The fourth-order valence-electron chi connectivity index (χ4n) is 4.64. The molecule has 0 aromatic heterocycles. The lowest BCUT2D eigenvalue weighted by molar-refractivity contribution is 0.221. The van der Waals surface area contributed by atoms with Gasteiger partial charge in [-0.15, -0.1) is 0 Å². The molecule has 0 spiro atoms. The topological polar surface area (TPSA) is 30.5 Å². The van der Waals surface area contributed by atoms with Gasteiger partial charge in [-0.1, -0.05) is 62.4 Å². The van der Waals surface area contributed by atoms with Gasteiger partial charge in [-0.2, -0.15) is 0 Å². The number of hydrogen-bond donors (Lipinski definition) is 2. The first-order chi connectivity index (χ1) is 15.2. The van der Waals surface area contributed by atoms with Gasteiger partial charge < -0.3 is 15.5 Å². The lowest BCUT2D eigenvalue weighted by Gasteiger charge is -2.38. The maximum atomic E-state index is 3.96. The normalized spacial score (nSPS) is 18.0. The fraction of sp³-hybridized carbons (Fsp3) is 0.556. The van der Waals surface area contributed by atoms with E-state index >= 15 is 0 Å². The van der Waals surface area contributed by atoms with Crippen LogP contribution in [-0.4, -0.2) is 56.3 Å². The van der Waals surface area contributed by atoms with Gasteiger partial charge in [0.15, 0.2) is 0 Å². The molecule has 4 nitrogen and oxygen atoms in total. The van der Waals surface area contributed by atoms with Crippen molar-refractivity contribution in [3.63, 3.8) is 0 Å². The average molecular weight is 423 g/mol. The largest absolute Gasteiger partial charge is 0.369 e. The second kappa shape index (κ2) is 12.8. The third kappa shape index (κ3) is 7.64.